The fourth-order valence-corrected chi connectivity index (χ4v) is 3.06. The molecule has 2 rings (SSSR count). The number of hydrogen-bond donors (Lipinski definition) is 2. The molecule has 0 aliphatic heterocycles. The van der Waals surface area contributed by atoms with E-state index in [1.165, 1.54) is 12.1 Å². The summed E-state index contributed by atoms with van der Waals surface area (Å²) < 4.78 is 12.9. The number of carbonyl (C=O) groups is 1. The predicted octanol–water partition coefficient (Wildman–Crippen LogP) is 2.58. The maximum atomic E-state index is 12.9. The Balaban J connectivity index is 2.12. The largest absolute Gasteiger partial charge is 0.391 e. The van der Waals surface area contributed by atoms with Gasteiger partial charge in [0.25, 0.3) is 5.91 Å². The van der Waals surface area contributed by atoms with Crippen LogP contribution in [-0.4, -0.2) is 21.4 Å². The third kappa shape index (κ3) is 3.56. The number of aromatic nitrogens is 1. The Hall–Kier alpha value is -1.56. The summed E-state index contributed by atoms with van der Waals surface area (Å²) in [6, 6.07) is 2.57. The van der Waals surface area contributed by atoms with E-state index in [0.29, 0.717) is 10.9 Å². The molecule has 1 aromatic heterocycles. The van der Waals surface area contributed by atoms with Gasteiger partial charge in [-0.05, 0) is 43.7 Å². The van der Waals surface area contributed by atoms with Crippen LogP contribution in [0, 0.1) is 11.7 Å². The van der Waals surface area contributed by atoms with Crippen molar-refractivity contribution in [3.8, 4) is 0 Å². The van der Waals surface area contributed by atoms with Crippen LogP contribution in [0.4, 0.5) is 4.39 Å². The highest BCUT2D eigenvalue weighted by molar-refractivity contribution is 7.80. The molecule has 1 aliphatic rings. The molecule has 1 aliphatic carbocycles. The van der Waals surface area contributed by atoms with Gasteiger partial charge in [0.1, 0.15) is 11.5 Å². The fraction of sp³-hybridized carbons (Fsp3) is 0.533. The number of nitrogens with zero attached hydrogens (tertiary/aromatic N) is 1. The van der Waals surface area contributed by atoms with E-state index in [-0.39, 0.29) is 11.6 Å². The standard InChI is InChI=1S/C15H20FN3OS/c1-2-10-5-7-15(8-6-10,14(17)21)19-13(20)12-4-3-11(16)9-18-12/h3-4,9-10H,2,5-8H2,1H3,(H2,17,21)(H,19,20). The van der Waals surface area contributed by atoms with Crippen LogP contribution >= 0.6 is 12.2 Å². The van der Waals surface area contributed by atoms with Crippen LogP contribution in [0.1, 0.15) is 49.5 Å². The van der Waals surface area contributed by atoms with Crippen LogP contribution in [0.25, 0.3) is 0 Å². The number of nitrogens with two attached hydrogens (primary N) is 1. The fourth-order valence-electron chi connectivity index (χ4n) is 2.80. The molecule has 1 aromatic rings. The molecule has 1 amide bonds. The van der Waals surface area contributed by atoms with E-state index in [0.717, 1.165) is 38.3 Å². The molecule has 6 heteroatoms. The van der Waals surface area contributed by atoms with E-state index in [1.54, 1.807) is 0 Å². The lowest BCUT2D eigenvalue weighted by Crippen LogP contribution is -2.58. The molecule has 0 bridgehead atoms. The van der Waals surface area contributed by atoms with Crippen molar-refractivity contribution in [2.75, 3.05) is 0 Å². The summed E-state index contributed by atoms with van der Waals surface area (Å²) in [5, 5.41) is 2.92. The van der Waals surface area contributed by atoms with Crippen molar-refractivity contribution < 1.29 is 9.18 Å². The Bertz CT molecular complexity index is 524. The van der Waals surface area contributed by atoms with Gasteiger partial charge in [-0.1, -0.05) is 25.6 Å². The molecule has 0 aromatic carbocycles. The monoisotopic (exact) mass is 309 g/mol. The minimum Gasteiger partial charge on any atom is -0.391 e. The predicted molar refractivity (Wildman–Crippen MR) is 83.4 cm³/mol. The first-order valence-corrected chi connectivity index (χ1v) is 7.61. The molecule has 0 radical (unpaired) electrons. The molecule has 0 unspecified atom stereocenters. The summed E-state index contributed by atoms with van der Waals surface area (Å²) in [6.45, 7) is 2.17. The SMILES string of the molecule is CCC1CCC(NC(=O)c2ccc(F)cn2)(C(N)=S)CC1. The van der Waals surface area contributed by atoms with Crippen molar-refractivity contribution in [1.29, 1.82) is 0 Å². The molecule has 21 heavy (non-hydrogen) atoms. The Morgan fingerprint density at radius 2 is 2.19 bits per heavy atom. The number of amides is 1. The number of thiocarbonyl (C=S) groups is 1. The second kappa shape index (κ2) is 6.47. The lowest BCUT2D eigenvalue weighted by atomic mass is 9.75. The van der Waals surface area contributed by atoms with Crippen molar-refractivity contribution in [2.45, 2.75) is 44.6 Å². The zero-order chi connectivity index (χ0) is 15.5. The topological polar surface area (TPSA) is 68.0 Å². The van der Waals surface area contributed by atoms with Gasteiger partial charge in [0.2, 0.25) is 0 Å². The summed E-state index contributed by atoms with van der Waals surface area (Å²) in [5.41, 5.74) is 5.40. The average Bonchev–Trinajstić information content (AvgIpc) is 2.48. The van der Waals surface area contributed by atoms with Gasteiger partial charge in [0.05, 0.1) is 16.7 Å². The number of hydrogen-bond acceptors (Lipinski definition) is 3. The maximum Gasteiger partial charge on any atom is 0.270 e. The van der Waals surface area contributed by atoms with Crippen molar-refractivity contribution in [3.05, 3.63) is 29.8 Å². The zero-order valence-electron chi connectivity index (χ0n) is 12.1. The van der Waals surface area contributed by atoms with Gasteiger partial charge in [-0.2, -0.15) is 0 Å². The van der Waals surface area contributed by atoms with Crippen molar-refractivity contribution in [3.63, 3.8) is 0 Å². The summed E-state index contributed by atoms with van der Waals surface area (Å²) in [5.74, 6) is -0.176. The summed E-state index contributed by atoms with van der Waals surface area (Å²) in [6.07, 6.45) is 5.62. The van der Waals surface area contributed by atoms with Crippen LogP contribution in [0.15, 0.2) is 18.3 Å². The molecule has 0 saturated heterocycles. The number of nitrogens with one attached hydrogen (secondary N) is 1. The summed E-state index contributed by atoms with van der Waals surface area (Å²) in [4.78, 5) is 16.4. The average molecular weight is 309 g/mol. The first-order chi connectivity index (χ1) is 9.97. The van der Waals surface area contributed by atoms with Crippen LogP contribution < -0.4 is 11.1 Å². The number of halogens is 1. The second-order valence-electron chi connectivity index (χ2n) is 5.61. The highest BCUT2D eigenvalue weighted by atomic mass is 32.1. The van der Waals surface area contributed by atoms with Gasteiger partial charge in [0, 0.05) is 0 Å². The van der Waals surface area contributed by atoms with Crippen molar-refractivity contribution in [2.24, 2.45) is 11.7 Å². The van der Waals surface area contributed by atoms with Crippen molar-refractivity contribution in [1.82, 2.24) is 10.3 Å². The summed E-state index contributed by atoms with van der Waals surface area (Å²) in [7, 11) is 0. The highest BCUT2D eigenvalue weighted by Crippen LogP contribution is 2.34. The Kier molecular flexibility index (Phi) is 4.88. The number of carbonyl (C=O) groups excluding carboxylic acids is 1. The minimum atomic E-state index is -0.645. The maximum absolute atomic E-state index is 12.9. The van der Waals surface area contributed by atoms with Crippen molar-refractivity contribution >= 4 is 23.1 Å². The van der Waals surface area contributed by atoms with Gasteiger partial charge < -0.3 is 11.1 Å². The van der Waals surface area contributed by atoms with Gasteiger partial charge >= 0.3 is 0 Å². The van der Waals surface area contributed by atoms with E-state index >= 15 is 0 Å². The third-order valence-electron chi connectivity index (χ3n) is 4.32. The number of pyridine rings is 1. The van der Waals surface area contributed by atoms with E-state index in [9.17, 15) is 9.18 Å². The van der Waals surface area contributed by atoms with E-state index in [4.69, 9.17) is 18.0 Å². The molecule has 4 nitrogen and oxygen atoms in total. The van der Waals surface area contributed by atoms with Gasteiger partial charge in [-0.25, -0.2) is 9.37 Å². The quantitative estimate of drug-likeness (QED) is 0.839. The van der Waals surface area contributed by atoms with Crippen LogP contribution in [0.2, 0.25) is 0 Å². The van der Waals surface area contributed by atoms with E-state index in [1.807, 2.05) is 0 Å². The lowest BCUT2D eigenvalue weighted by Gasteiger charge is -2.39. The van der Waals surface area contributed by atoms with E-state index in [2.05, 4.69) is 17.2 Å². The molecule has 0 spiro atoms. The Morgan fingerprint density at radius 1 is 1.52 bits per heavy atom. The lowest BCUT2D eigenvalue weighted by molar-refractivity contribution is 0.0893. The molecular formula is C15H20FN3OS. The molecule has 1 fully saturated rings. The molecule has 0 atom stereocenters. The van der Waals surface area contributed by atoms with Crippen LogP contribution in [-0.2, 0) is 0 Å². The second-order valence-corrected chi connectivity index (χ2v) is 6.05. The highest BCUT2D eigenvalue weighted by Gasteiger charge is 2.39. The molecule has 1 heterocycles. The molecule has 114 valence electrons. The first-order valence-electron chi connectivity index (χ1n) is 7.21. The number of rotatable bonds is 4. The molecule has 1 saturated carbocycles. The first kappa shape index (κ1) is 15.8. The van der Waals surface area contributed by atoms with Crippen LogP contribution in [0.5, 0.6) is 0 Å². The summed E-state index contributed by atoms with van der Waals surface area (Å²) >= 11 is 5.17. The zero-order valence-corrected chi connectivity index (χ0v) is 12.9. The molecule has 3 N–H and O–H groups in total. The Labute approximate surface area is 129 Å². The van der Waals surface area contributed by atoms with Gasteiger partial charge in [-0.3, -0.25) is 4.79 Å². The third-order valence-corrected chi connectivity index (χ3v) is 4.71. The van der Waals surface area contributed by atoms with Gasteiger partial charge in [-0.15, -0.1) is 0 Å². The van der Waals surface area contributed by atoms with E-state index < -0.39 is 11.4 Å². The molecular weight excluding hydrogens is 289 g/mol. The smallest absolute Gasteiger partial charge is 0.270 e. The minimum absolute atomic E-state index is 0.171. The normalized spacial score (nSPS) is 25.3. The Morgan fingerprint density at radius 3 is 2.67 bits per heavy atom. The van der Waals surface area contributed by atoms with Crippen LogP contribution in [0.3, 0.4) is 0 Å². The van der Waals surface area contributed by atoms with Gasteiger partial charge in [0.15, 0.2) is 0 Å².